The van der Waals surface area contributed by atoms with Crippen LogP contribution >= 0.6 is 11.6 Å². The first-order valence-corrected chi connectivity index (χ1v) is 12.7. The molecule has 0 aromatic heterocycles. The molecule has 0 heterocycles. The van der Waals surface area contributed by atoms with Gasteiger partial charge in [-0.05, 0) is 95.8 Å². The van der Waals surface area contributed by atoms with Crippen LogP contribution in [0.15, 0.2) is 36.4 Å². The van der Waals surface area contributed by atoms with Crippen LogP contribution in [0.1, 0.15) is 65.7 Å². The summed E-state index contributed by atoms with van der Waals surface area (Å²) in [5.74, 6) is 0.347. The molecule has 1 saturated carbocycles. The molecule has 0 saturated heterocycles. The van der Waals surface area contributed by atoms with Crippen molar-refractivity contribution in [3.05, 3.63) is 41.4 Å². The summed E-state index contributed by atoms with van der Waals surface area (Å²) in [7, 11) is 0. The van der Waals surface area contributed by atoms with Gasteiger partial charge in [0.15, 0.2) is 0 Å². The lowest BCUT2D eigenvalue weighted by molar-refractivity contribution is -0.153. The van der Waals surface area contributed by atoms with Gasteiger partial charge in [0.05, 0.1) is 30.3 Å². The Morgan fingerprint density at radius 3 is 2.62 bits per heavy atom. The minimum atomic E-state index is -0.660. The maximum atomic E-state index is 11.7. The van der Waals surface area contributed by atoms with Gasteiger partial charge in [-0.3, -0.25) is 4.79 Å². The fourth-order valence-electron chi connectivity index (χ4n) is 4.24. The van der Waals surface area contributed by atoms with E-state index in [-0.39, 0.29) is 24.4 Å². The van der Waals surface area contributed by atoms with Crippen LogP contribution in [0.4, 0.5) is 0 Å². The average molecular weight is 497 g/mol. The maximum absolute atomic E-state index is 11.7. The SMILES string of the molecule is CC(C)(C)C(=O)OCCCCC=CC[C@@H]1[C@@H](CC[C@@H](O)COc2cccc(Cl)c2)[C@H](O)C[C@@H]1O. The summed E-state index contributed by atoms with van der Waals surface area (Å²) in [5, 5.41) is 31.8. The van der Waals surface area contributed by atoms with Gasteiger partial charge in [0.25, 0.3) is 0 Å². The highest BCUT2D eigenvalue weighted by molar-refractivity contribution is 6.30. The second-order valence-corrected chi connectivity index (χ2v) is 10.7. The van der Waals surface area contributed by atoms with Crippen molar-refractivity contribution in [2.24, 2.45) is 17.3 Å². The number of aliphatic hydroxyl groups excluding tert-OH is 3. The van der Waals surface area contributed by atoms with E-state index in [1.54, 1.807) is 24.3 Å². The third kappa shape index (κ3) is 9.95. The van der Waals surface area contributed by atoms with Crippen LogP contribution in [0.25, 0.3) is 0 Å². The third-order valence-corrected chi connectivity index (χ3v) is 6.51. The molecule has 0 amide bonds. The number of unbranched alkanes of at least 4 members (excludes halogenated alkanes) is 2. The molecule has 1 aromatic carbocycles. The molecule has 0 aliphatic heterocycles. The van der Waals surface area contributed by atoms with Crippen LogP contribution < -0.4 is 4.74 Å². The molecule has 1 aliphatic rings. The summed E-state index contributed by atoms with van der Waals surface area (Å²) >= 11 is 5.95. The number of carbonyl (C=O) groups excluding carboxylic acids is 1. The molecule has 0 radical (unpaired) electrons. The van der Waals surface area contributed by atoms with Crippen LogP contribution in [0.3, 0.4) is 0 Å². The summed E-state index contributed by atoms with van der Waals surface area (Å²) in [5.41, 5.74) is -0.470. The molecule has 2 rings (SSSR count). The highest BCUT2D eigenvalue weighted by Crippen LogP contribution is 2.38. The molecule has 7 heteroatoms. The summed E-state index contributed by atoms with van der Waals surface area (Å²) < 4.78 is 10.9. The Hall–Kier alpha value is -1.60. The van der Waals surface area contributed by atoms with Crippen molar-refractivity contribution < 1.29 is 29.6 Å². The van der Waals surface area contributed by atoms with Crippen LogP contribution in [0.5, 0.6) is 5.75 Å². The molecule has 0 bridgehead atoms. The number of esters is 1. The van der Waals surface area contributed by atoms with Crippen molar-refractivity contribution in [2.75, 3.05) is 13.2 Å². The molecule has 34 heavy (non-hydrogen) atoms. The maximum Gasteiger partial charge on any atom is 0.311 e. The molecule has 0 spiro atoms. The molecule has 192 valence electrons. The number of aliphatic hydroxyl groups is 3. The van der Waals surface area contributed by atoms with Crippen molar-refractivity contribution in [3.63, 3.8) is 0 Å². The van der Waals surface area contributed by atoms with Gasteiger partial charge in [0.1, 0.15) is 12.4 Å². The largest absolute Gasteiger partial charge is 0.491 e. The lowest BCUT2D eigenvalue weighted by Crippen LogP contribution is -2.25. The van der Waals surface area contributed by atoms with E-state index in [0.717, 1.165) is 19.3 Å². The monoisotopic (exact) mass is 496 g/mol. The predicted octanol–water partition coefficient (Wildman–Crippen LogP) is 4.92. The number of ether oxygens (including phenoxy) is 2. The second kappa shape index (κ2) is 14.1. The Balaban J connectivity index is 1.68. The summed E-state index contributed by atoms with van der Waals surface area (Å²) in [6, 6.07) is 7.04. The van der Waals surface area contributed by atoms with Gasteiger partial charge < -0.3 is 24.8 Å². The molecule has 5 atom stereocenters. The molecule has 0 unspecified atom stereocenters. The van der Waals surface area contributed by atoms with E-state index in [4.69, 9.17) is 21.1 Å². The van der Waals surface area contributed by atoms with Gasteiger partial charge in [0, 0.05) is 5.02 Å². The highest BCUT2D eigenvalue weighted by Gasteiger charge is 2.40. The van der Waals surface area contributed by atoms with Gasteiger partial charge in [0.2, 0.25) is 0 Å². The Morgan fingerprint density at radius 2 is 1.91 bits per heavy atom. The average Bonchev–Trinajstić information content (AvgIpc) is 3.03. The van der Waals surface area contributed by atoms with Crippen molar-refractivity contribution in [1.82, 2.24) is 0 Å². The van der Waals surface area contributed by atoms with Gasteiger partial charge in [-0.25, -0.2) is 0 Å². The second-order valence-electron chi connectivity index (χ2n) is 10.3. The molecule has 1 fully saturated rings. The minimum Gasteiger partial charge on any atom is -0.491 e. The Bertz CT molecular complexity index is 775. The van der Waals surface area contributed by atoms with E-state index in [0.29, 0.717) is 43.1 Å². The number of benzene rings is 1. The van der Waals surface area contributed by atoms with E-state index in [9.17, 15) is 20.1 Å². The van der Waals surface area contributed by atoms with Crippen molar-refractivity contribution in [2.45, 2.75) is 84.0 Å². The lowest BCUT2D eigenvalue weighted by atomic mass is 9.86. The number of rotatable bonds is 13. The summed E-state index contributed by atoms with van der Waals surface area (Å²) in [4.78, 5) is 11.7. The fourth-order valence-corrected chi connectivity index (χ4v) is 4.42. The first-order chi connectivity index (χ1) is 16.1. The van der Waals surface area contributed by atoms with Gasteiger partial charge in [-0.2, -0.15) is 0 Å². The standard InChI is InChI=1S/C27H41ClO6/c1-27(2,3)26(32)33-15-8-6-4-5-7-12-22-23(25(31)17-24(22)30)14-13-20(29)18-34-21-11-9-10-19(28)16-21/h5,7,9-11,16,20,22-25,29-31H,4,6,8,12-15,17-18H2,1-3H3/t20-,22-,23-,24+,25-/m1/s1. The van der Waals surface area contributed by atoms with Crippen molar-refractivity contribution >= 4 is 17.6 Å². The molecular weight excluding hydrogens is 456 g/mol. The molecule has 1 aliphatic carbocycles. The molecule has 3 N–H and O–H groups in total. The normalized spacial score (nSPS) is 23.9. The van der Waals surface area contributed by atoms with Crippen LogP contribution in [0, 0.1) is 17.3 Å². The Kier molecular flexibility index (Phi) is 11.9. The molecule has 1 aromatic rings. The zero-order valence-electron chi connectivity index (χ0n) is 20.7. The first-order valence-electron chi connectivity index (χ1n) is 12.3. The quantitative estimate of drug-likeness (QED) is 0.204. The third-order valence-electron chi connectivity index (χ3n) is 6.28. The topological polar surface area (TPSA) is 96.2 Å². The van der Waals surface area contributed by atoms with E-state index in [1.807, 2.05) is 20.8 Å². The minimum absolute atomic E-state index is 0.0277. The number of halogens is 1. The van der Waals surface area contributed by atoms with Gasteiger partial charge >= 0.3 is 5.97 Å². The Labute approximate surface area is 208 Å². The van der Waals surface area contributed by atoms with Crippen molar-refractivity contribution in [1.29, 1.82) is 0 Å². The fraction of sp³-hybridized carbons (Fsp3) is 0.667. The Morgan fingerprint density at radius 1 is 1.18 bits per heavy atom. The summed E-state index contributed by atoms with van der Waals surface area (Å²) in [6.07, 6.45) is 7.18. The number of carbonyl (C=O) groups is 1. The van der Waals surface area contributed by atoms with Crippen LogP contribution in [-0.4, -0.2) is 52.8 Å². The number of allylic oxidation sites excluding steroid dienone is 2. The smallest absolute Gasteiger partial charge is 0.311 e. The lowest BCUT2D eigenvalue weighted by Gasteiger charge is -2.23. The zero-order valence-corrected chi connectivity index (χ0v) is 21.4. The first kappa shape index (κ1) is 28.6. The summed E-state index contributed by atoms with van der Waals surface area (Å²) in [6.45, 7) is 6.12. The number of hydrogen-bond acceptors (Lipinski definition) is 6. The molecule has 6 nitrogen and oxygen atoms in total. The van der Waals surface area contributed by atoms with Crippen LogP contribution in [-0.2, 0) is 9.53 Å². The highest BCUT2D eigenvalue weighted by atomic mass is 35.5. The molecular formula is C27H41ClO6. The van der Waals surface area contributed by atoms with E-state index < -0.39 is 23.7 Å². The van der Waals surface area contributed by atoms with Crippen LogP contribution in [0.2, 0.25) is 5.02 Å². The number of hydrogen-bond donors (Lipinski definition) is 3. The van der Waals surface area contributed by atoms with E-state index >= 15 is 0 Å². The van der Waals surface area contributed by atoms with Gasteiger partial charge in [-0.1, -0.05) is 29.8 Å². The predicted molar refractivity (Wildman–Crippen MR) is 134 cm³/mol. The van der Waals surface area contributed by atoms with Crippen molar-refractivity contribution in [3.8, 4) is 5.75 Å². The van der Waals surface area contributed by atoms with Gasteiger partial charge in [-0.15, -0.1) is 0 Å². The zero-order chi connectivity index (χ0) is 25.1. The van der Waals surface area contributed by atoms with E-state index in [1.165, 1.54) is 0 Å². The van der Waals surface area contributed by atoms with E-state index in [2.05, 4.69) is 12.2 Å².